The Morgan fingerprint density at radius 1 is 0.808 bits per heavy atom. The van der Waals surface area contributed by atoms with E-state index in [1.54, 1.807) is 21.3 Å². The van der Waals surface area contributed by atoms with Crippen molar-refractivity contribution in [1.29, 1.82) is 0 Å². The molecule has 1 N–H and O–H groups in total. The molecule has 0 fully saturated rings. The average Bonchev–Trinajstić information content (AvgIpc) is 2.70. The van der Waals surface area contributed by atoms with Crippen LogP contribution in [0.3, 0.4) is 0 Å². The summed E-state index contributed by atoms with van der Waals surface area (Å²) in [5.74, 6) is 0. The molecule has 3 aromatic carbocycles. The van der Waals surface area contributed by atoms with Crippen molar-refractivity contribution in [2.24, 2.45) is 0 Å². The Balaban J connectivity index is 1.72. The highest BCUT2D eigenvalue weighted by atomic mass is 28.4. The summed E-state index contributed by atoms with van der Waals surface area (Å²) in [4.78, 5) is 0. The van der Waals surface area contributed by atoms with Crippen molar-refractivity contribution in [2.45, 2.75) is 19.0 Å². The summed E-state index contributed by atoms with van der Waals surface area (Å²) >= 11 is 0. The van der Waals surface area contributed by atoms with Gasteiger partial charge in [0.2, 0.25) is 0 Å². The molecule has 0 atom stereocenters. The first-order valence-corrected chi connectivity index (χ1v) is 10.9. The van der Waals surface area contributed by atoms with Crippen molar-refractivity contribution in [1.82, 2.24) is 5.32 Å². The Bertz CT molecular complexity index is 802. The molecular formula is C21H27NO3Si. The van der Waals surface area contributed by atoms with Crippen molar-refractivity contribution in [3.63, 3.8) is 0 Å². The van der Waals surface area contributed by atoms with Crippen molar-refractivity contribution >= 4 is 30.3 Å². The molecule has 0 saturated heterocycles. The third kappa shape index (κ3) is 3.97. The summed E-state index contributed by atoms with van der Waals surface area (Å²) in [6.45, 7) is 1.73. The van der Waals surface area contributed by atoms with Crippen LogP contribution in [-0.4, -0.2) is 36.7 Å². The van der Waals surface area contributed by atoms with Gasteiger partial charge in [0.05, 0.1) is 0 Å². The summed E-state index contributed by atoms with van der Waals surface area (Å²) in [7, 11) is 2.51. The summed E-state index contributed by atoms with van der Waals surface area (Å²) in [6, 6.07) is 20.3. The molecule has 138 valence electrons. The Labute approximate surface area is 156 Å². The number of fused-ring (bicyclic) bond motifs is 2. The number of hydrogen-bond donors (Lipinski definition) is 1. The van der Waals surface area contributed by atoms with Gasteiger partial charge >= 0.3 is 8.80 Å². The van der Waals surface area contributed by atoms with E-state index >= 15 is 0 Å². The minimum atomic E-state index is -2.47. The van der Waals surface area contributed by atoms with Crippen molar-refractivity contribution < 1.29 is 13.3 Å². The van der Waals surface area contributed by atoms with Crippen LogP contribution < -0.4 is 5.32 Å². The van der Waals surface area contributed by atoms with Gasteiger partial charge in [-0.3, -0.25) is 0 Å². The van der Waals surface area contributed by atoms with E-state index in [2.05, 4.69) is 59.9 Å². The van der Waals surface area contributed by atoms with E-state index in [1.165, 1.54) is 27.1 Å². The fraction of sp³-hybridized carbons (Fsp3) is 0.333. The molecule has 26 heavy (non-hydrogen) atoms. The highest BCUT2D eigenvalue weighted by molar-refractivity contribution is 6.60. The topological polar surface area (TPSA) is 39.7 Å². The maximum atomic E-state index is 5.48. The predicted molar refractivity (Wildman–Crippen MR) is 109 cm³/mol. The highest BCUT2D eigenvalue weighted by Crippen LogP contribution is 2.28. The van der Waals surface area contributed by atoms with Crippen molar-refractivity contribution in [3.05, 3.63) is 60.2 Å². The quantitative estimate of drug-likeness (QED) is 0.346. The molecule has 0 spiro atoms. The van der Waals surface area contributed by atoms with Crippen LogP contribution in [0.1, 0.15) is 12.0 Å². The van der Waals surface area contributed by atoms with Crippen LogP contribution >= 0.6 is 0 Å². The maximum Gasteiger partial charge on any atom is 0.500 e. The first-order chi connectivity index (χ1) is 12.7. The van der Waals surface area contributed by atoms with Gasteiger partial charge < -0.3 is 18.6 Å². The average molecular weight is 370 g/mol. The summed E-state index contributed by atoms with van der Waals surface area (Å²) in [5.41, 5.74) is 1.35. The normalized spacial score (nSPS) is 12.1. The lowest BCUT2D eigenvalue weighted by atomic mass is 9.97. The number of benzene rings is 3. The Morgan fingerprint density at radius 2 is 1.35 bits per heavy atom. The lowest BCUT2D eigenvalue weighted by molar-refractivity contribution is 0.123. The summed E-state index contributed by atoms with van der Waals surface area (Å²) in [5, 5.41) is 8.78. The van der Waals surface area contributed by atoms with Crippen LogP contribution in [-0.2, 0) is 19.8 Å². The molecule has 0 amide bonds. The van der Waals surface area contributed by atoms with Gasteiger partial charge in [-0.15, -0.1) is 0 Å². The maximum absolute atomic E-state index is 5.48. The number of hydrogen-bond acceptors (Lipinski definition) is 4. The van der Waals surface area contributed by atoms with Gasteiger partial charge in [-0.1, -0.05) is 48.5 Å². The standard InChI is InChI=1S/C21H27NO3Si/c1-23-26(24-2,25-3)14-8-13-22-16-21-19-11-6-4-9-17(19)15-18-10-5-7-12-20(18)21/h4-7,9-12,15,22H,8,13-14,16H2,1-3H3. The fourth-order valence-electron chi connectivity index (χ4n) is 3.50. The Morgan fingerprint density at radius 3 is 1.88 bits per heavy atom. The number of rotatable bonds is 9. The minimum Gasteiger partial charge on any atom is -0.377 e. The predicted octanol–water partition coefficient (Wildman–Crippen LogP) is 4.35. The van der Waals surface area contributed by atoms with E-state index in [1.807, 2.05) is 0 Å². The van der Waals surface area contributed by atoms with Gasteiger partial charge in [-0.05, 0) is 46.1 Å². The highest BCUT2D eigenvalue weighted by Gasteiger charge is 2.36. The third-order valence-electron chi connectivity index (χ3n) is 4.95. The zero-order valence-electron chi connectivity index (χ0n) is 15.7. The van der Waals surface area contributed by atoms with Crippen LogP contribution in [0.4, 0.5) is 0 Å². The molecule has 0 saturated carbocycles. The molecule has 0 bridgehead atoms. The zero-order chi connectivity index (χ0) is 18.4. The van der Waals surface area contributed by atoms with Gasteiger partial charge in [0.25, 0.3) is 0 Å². The minimum absolute atomic E-state index is 0.805. The second-order valence-corrected chi connectivity index (χ2v) is 9.46. The van der Waals surface area contributed by atoms with E-state index in [0.29, 0.717) is 0 Å². The first kappa shape index (κ1) is 19.0. The van der Waals surface area contributed by atoms with Gasteiger partial charge in [-0.2, -0.15) is 0 Å². The molecule has 0 radical (unpaired) electrons. The van der Waals surface area contributed by atoms with E-state index < -0.39 is 8.80 Å². The van der Waals surface area contributed by atoms with Gasteiger partial charge in [0.15, 0.2) is 0 Å². The second kappa shape index (κ2) is 8.75. The Hall–Kier alpha value is -1.76. The van der Waals surface area contributed by atoms with E-state index in [4.69, 9.17) is 13.3 Å². The second-order valence-electron chi connectivity index (χ2n) is 6.37. The number of nitrogens with one attached hydrogen (secondary N) is 1. The van der Waals surface area contributed by atoms with Crippen LogP contribution in [0.25, 0.3) is 21.5 Å². The van der Waals surface area contributed by atoms with Crippen molar-refractivity contribution in [2.75, 3.05) is 27.9 Å². The third-order valence-corrected chi connectivity index (χ3v) is 7.79. The van der Waals surface area contributed by atoms with E-state index in [9.17, 15) is 0 Å². The van der Waals surface area contributed by atoms with E-state index in [0.717, 1.165) is 25.6 Å². The molecule has 0 heterocycles. The molecule has 0 aromatic heterocycles. The smallest absolute Gasteiger partial charge is 0.377 e. The molecule has 0 aliphatic carbocycles. The van der Waals surface area contributed by atoms with Crippen LogP contribution in [0.15, 0.2) is 54.6 Å². The van der Waals surface area contributed by atoms with Gasteiger partial charge in [-0.25, -0.2) is 0 Å². The Kier molecular flexibility index (Phi) is 6.40. The van der Waals surface area contributed by atoms with Crippen LogP contribution in [0, 0.1) is 0 Å². The zero-order valence-corrected chi connectivity index (χ0v) is 16.7. The van der Waals surface area contributed by atoms with Gasteiger partial charge in [0, 0.05) is 33.9 Å². The molecule has 4 nitrogen and oxygen atoms in total. The lowest BCUT2D eigenvalue weighted by Gasteiger charge is -2.24. The SMILES string of the molecule is CO[Si](CCCNCc1c2ccccc2cc2ccccc12)(OC)OC. The largest absolute Gasteiger partial charge is 0.500 e. The fourth-order valence-corrected chi connectivity index (χ4v) is 5.22. The van der Waals surface area contributed by atoms with Crippen molar-refractivity contribution in [3.8, 4) is 0 Å². The monoisotopic (exact) mass is 369 g/mol. The van der Waals surface area contributed by atoms with Crippen LogP contribution in [0.2, 0.25) is 6.04 Å². The summed E-state index contributed by atoms with van der Waals surface area (Å²) < 4.78 is 16.4. The molecule has 0 aliphatic heterocycles. The molecule has 3 rings (SSSR count). The van der Waals surface area contributed by atoms with Crippen LogP contribution in [0.5, 0.6) is 0 Å². The molecule has 3 aromatic rings. The lowest BCUT2D eigenvalue weighted by Crippen LogP contribution is -2.43. The van der Waals surface area contributed by atoms with E-state index in [-0.39, 0.29) is 0 Å². The van der Waals surface area contributed by atoms with Gasteiger partial charge in [0.1, 0.15) is 0 Å². The summed E-state index contributed by atoms with van der Waals surface area (Å²) in [6.07, 6.45) is 0.949. The molecular weight excluding hydrogens is 342 g/mol. The molecule has 0 unspecified atom stereocenters. The molecule has 5 heteroatoms. The first-order valence-electron chi connectivity index (χ1n) is 8.98. The molecule has 0 aliphatic rings.